The highest BCUT2D eigenvalue weighted by atomic mass is 16.5. The summed E-state index contributed by atoms with van der Waals surface area (Å²) in [5.74, 6) is 0.626. The Balaban J connectivity index is 3.72. The summed E-state index contributed by atoms with van der Waals surface area (Å²) in [7, 11) is 0. The molecule has 0 aromatic heterocycles. The van der Waals surface area contributed by atoms with E-state index in [0.29, 0.717) is 12.0 Å². The minimum atomic E-state index is -0.201. The third kappa shape index (κ3) is 8.93. The molecular weight excluding hydrogens is 224 g/mol. The zero-order valence-electron chi connectivity index (χ0n) is 13.1. The van der Waals surface area contributed by atoms with Gasteiger partial charge in [0, 0.05) is 13.2 Å². The lowest BCUT2D eigenvalue weighted by molar-refractivity contribution is -0.0674. The lowest BCUT2D eigenvalue weighted by atomic mass is 9.95. The second-order valence-corrected chi connectivity index (χ2v) is 5.80. The normalized spacial score (nSPS) is 16.8. The van der Waals surface area contributed by atoms with Gasteiger partial charge in [0.1, 0.15) is 0 Å². The average molecular weight is 257 g/mol. The maximum atomic E-state index is 6.03. The van der Waals surface area contributed by atoms with Crippen LogP contribution < -0.4 is 0 Å². The Morgan fingerprint density at radius 1 is 1.11 bits per heavy atom. The summed E-state index contributed by atoms with van der Waals surface area (Å²) in [5.41, 5.74) is -0.201. The minimum Gasteiger partial charge on any atom is -0.381 e. The molecule has 2 heteroatoms. The van der Waals surface area contributed by atoms with E-state index in [1.165, 1.54) is 0 Å². The van der Waals surface area contributed by atoms with Crippen LogP contribution in [0.15, 0.2) is 0 Å². The van der Waals surface area contributed by atoms with Gasteiger partial charge in [0.05, 0.1) is 11.7 Å². The first-order valence-electron chi connectivity index (χ1n) is 7.54. The quantitative estimate of drug-likeness (QED) is 0.503. The first-order chi connectivity index (χ1) is 8.43. The largest absolute Gasteiger partial charge is 0.381 e. The Morgan fingerprint density at radius 2 is 1.78 bits per heavy atom. The maximum Gasteiger partial charge on any atom is 0.0684 e. The first-order valence-corrected chi connectivity index (χ1v) is 7.54. The molecule has 109 valence electrons. The van der Waals surface area contributed by atoms with Crippen LogP contribution >= 0.6 is 0 Å². The van der Waals surface area contributed by atoms with Crippen LogP contribution in [-0.2, 0) is 9.47 Å². The molecule has 0 saturated carbocycles. The van der Waals surface area contributed by atoms with Crippen LogP contribution in [0.1, 0.15) is 66.7 Å². The van der Waals surface area contributed by atoms with Gasteiger partial charge in [-0.15, -0.1) is 0 Å². The highest BCUT2D eigenvalue weighted by Crippen LogP contribution is 2.24. The molecule has 2 unspecified atom stereocenters. The Hall–Kier alpha value is -0.0800. The van der Waals surface area contributed by atoms with Crippen molar-refractivity contribution < 1.29 is 9.47 Å². The van der Waals surface area contributed by atoms with Crippen molar-refractivity contribution in [3.05, 3.63) is 6.92 Å². The van der Waals surface area contributed by atoms with E-state index in [2.05, 4.69) is 41.5 Å². The summed E-state index contributed by atoms with van der Waals surface area (Å²) in [6.07, 6.45) is 5.59. The molecule has 0 fully saturated rings. The van der Waals surface area contributed by atoms with Gasteiger partial charge in [-0.3, -0.25) is 0 Å². The van der Waals surface area contributed by atoms with E-state index in [0.717, 1.165) is 45.3 Å². The van der Waals surface area contributed by atoms with Crippen molar-refractivity contribution >= 4 is 0 Å². The van der Waals surface area contributed by atoms with Crippen LogP contribution in [0.4, 0.5) is 0 Å². The van der Waals surface area contributed by atoms with Crippen molar-refractivity contribution in [2.45, 2.75) is 78.4 Å². The molecule has 0 bridgehead atoms. The van der Waals surface area contributed by atoms with Gasteiger partial charge in [-0.1, -0.05) is 27.7 Å². The molecule has 18 heavy (non-hydrogen) atoms. The Morgan fingerprint density at radius 3 is 2.28 bits per heavy atom. The molecule has 0 rings (SSSR count). The molecule has 0 heterocycles. The number of rotatable bonds is 11. The van der Waals surface area contributed by atoms with Crippen LogP contribution in [-0.4, -0.2) is 24.9 Å². The van der Waals surface area contributed by atoms with E-state index in [-0.39, 0.29) is 5.60 Å². The molecule has 1 radical (unpaired) electrons. The van der Waals surface area contributed by atoms with E-state index >= 15 is 0 Å². The molecule has 2 atom stereocenters. The molecule has 0 amide bonds. The summed E-state index contributed by atoms with van der Waals surface area (Å²) >= 11 is 0. The molecule has 0 aromatic rings. The molecule has 0 spiro atoms. The lowest BCUT2D eigenvalue weighted by Gasteiger charge is -2.31. The van der Waals surface area contributed by atoms with Crippen molar-refractivity contribution in [1.29, 1.82) is 0 Å². The third-order valence-corrected chi connectivity index (χ3v) is 3.29. The fourth-order valence-corrected chi connectivity index (χ4v) is 1.80. The minimum absolute atomic E-state index is 0.201. The summed E-state index contributed by atoms with van der Waals surface area (Å²) in [6.45, 7) is 16.8. The van der Waals surface area contributed by atoms with Crippen LogP contribution in [0.5, 0.6) is 0 Å². The van der Waals surface area contributed by atoms with E-state index < -0.39 is 0 Å². The van der Waals surface area contributed by atoms with E-state index in [1.807, 2.05) is 0 Å². The second-order valence-electron chi connectivity index (χ2n) is 5.80. The molecule has 0 aliphatic rings. The highest BCUT2D eigenvalue weighted by Gasteiger charge is 2.24. The smallest absolute Gasteiger partial charge is 0.0684 e. The standard InChI is InChI=1S/C16H33O2/c1-7-15(5)18-16(6,8-2)11-9-10-12-17-13-14(3)4/h14-15H,6-13H2,1-5H3. The fourth-order valence-electron chi connectivity index (χ4n) is 1.80. The van der Waals surface area contributed by atoms with E-state index in [9.17, 15) is 0 Å². The molecule has 0 aliphatic carbocycles. The Bertz CT molecular complexity index is 192. The first kappa shape index (κ1) is 17.9. The average Bonchev–Trinajstić information content (AvgIpc) is 2.33. The molecule has 0 saturated heterocycles. The lowest BCUT2D eigenvalue weighted by Crippen LogP contribution is -2.32. The van der Waals surface area contributed by atoms with Gasteiger partial charge < -0.3 is 9.47 Å². The molecule has 0 N–H and O–H groups in total. The van der Waals surface area contributed by atoms with Gasteiger partial charge in [0.15, 0.2) is 0 Å². The number of ether oxygens (including phenoxy) is 2. The number of hydrogen-bond donors (Lipinski definition) is 0. The number of hydrogen-bond acceptors (Lipinski definition) is 2. The van der Waals surface area contributed by atoms with Gasteiger partial charge in [-0.25, -0.2) is 0 Å². The molecule has 0 aromatic carbocycles. The van der Waals surface area contributed by atoms with Crippen molar-refractivity contribution in [1.82, 2.24) is 0 Å². The number of unbranched alkanes of at least 4 members (excludes halogenated alkanes) is 1. The topological polar surface area (TPSA) is 18.5 Å². The predicted molar refractivity (Wildman–Crippen MR) is 78.7 cm³/mol. The van der Waals surface area contributed by atoms with Crippen molar-refractivity contribution in [3.8, 4) is 0 Å². The van der Waals surface area contributed by atoms with E-state index in [4.69, 9.17) is 9.47 Å². The Kier molecular flexibility index (Phi) is 9.76. The van der Waals surface area contributed by atoms with E-state index in [1.54, 1.807) is 0 Å². The van der Waals surface area contributed by atoms with Crippen LogP contribution in [0, 0.1) is 12.8 Å². The van der Waals surface area contributed by atoms with Gasteiger partial charge >= 0.3 is 0 Å². The van der Waals surface area contributed by atoms with Crippen LogP contribution in [0.25, 0.3) is 0 Å². The summed E-state index contributed by atoms with van der Waals surface area (Å²) in [4.78, 5) is 0. The van der Waals surface area contributed by atoms with Crippen molar-refractivity contribution in [2.75, 3.05) is 13.2 Å². The highest BCUT2D eigenvalue weighted by molar-refractivity contribution is 4.83. The van der Waals surface area contributed by atoms with Crippen molar-refractivity contribution in [2.24, 2.45) is 5.92 Å². The zero-order chi connectivity index (χ0) is 14.0. The summed E-state index contributed by atoms with van der Waals surface area (Å²) in [6, 6.07) is 0. The fraction of sp³-hybridized carbons (Fsp3) is 0.938. The SMILES string of the molecule is [CH2]C(CC)(CCCCOCC(C)C)OC(C)CC. The summed E-state index contributed by atoms with van der Waals surface area (Å²) in [5, 5.41) is 0. The molecule has 0 aliphatic heterocycles. The predicted octanol–water partition coefficient (Wildman–Crippen LogP) is 4.63. The maximum absolute atomic E-state index is 6.03. The van der Waals surface area contributed by atoms with Gasteiger partial charge in [0.2, 0.25) is 0 Å². The van der Waals surface area contributed by atoms with Crippen LogP contribution in [0.3, 0.4) is 0 Å². The van der Waals surface area contributed by atoms with Crippen LogP contribution in [0.2, 0.25) is 0 Å². The third-order valence-electron chi connectivity index (χ3n) is 3.29. The van der Waals surface area contributed by atoms with Crippen molar-refractivity contribution in [3.63, 3.8) is 0 Å². The van der Waals surface area contributed by atoms with Gasteiger partial charge in [-0.2, -0.15) is 0 Å². The summed E-state index contributed by atoms with van der Waals surface area (Å²) < 4.78 is 11.6. The van der Waals surface area contributed by atoms with Gasteiger partial charge in [0.25, 0.3) is 0 Å². The molecular formula is C16H33O2. The monoisotopic (exact) mass is 257 g/mol. The second kappa shape index (κ2) is 9.80. The zero-order valence-corrected chi connectivity index (χ0v) is 13.1. The molecule has 2 nitrogen and oxygen atoms in total. The Labute approximate surface area is 114 Å². The van der Waals surface area contributed by atoms with Gasteiger partial charge in [-0.05, 0) is 51.9 Å².